The molecule has 0 spiro atoms. The molecule has 2 aromatic carbocycles. The molecule has 1 fully saturated rings. The minimum Gasteiger partial charge on any atom is -0.444 e. The van der Waals surface area contributed by atoms with Crippen LogP contribution >= 0.6 is 0 Å². The Morgan fingerprint density at radius 3 is 2.82 bits per heavy atom. The number of hydrogen-bond donors (Lipinski definition) is 2. The van der Waals surface area contributed by atoms with E-state index in [1.54, 1.807) is 23.2 Å². The molecule has 2 aliphatic heterocycles. The van der Waals surface area contributed by atoms with Gasteiger partial charge < -0.3 is 20.3 Å². The minimum atomic E-state index is -0.551. The molecule has 4 rings (SSSR count). The first-order chi connectivity index (χ1) is 15.6. The van der Waals surface area contributed by atoms with Gasteiger partial charge in [-0.05, 0) is 63.4 Å². The number of rotatable bonds is 4. The maximum Gasteiger partial charge on any atom is 0.410 e. The first kappa shape index (κ1) is 22.8. The lowest BCUT2D eigenvalue weighted by atomic mass is 9.97. The minimum absolute atomic E-state index is 0.0666. The van der Waals surface area contributed by atoms with Gasteiger partial charge in [0, 0.05) is 37.1 Å². The summed E-state index contributed by atoms with van der Waals surface area (Å²) in [5, 5.41) is 6.03. The first-order valence-corrected chi connectivity index (χ1v) is 11.1. The van der Waals surface area contributed by atoms with Gasteiger partial charge >= 0.3 is 6.09 Å². The Labute approximate surface area is 193 Å². The summed E-state index contributed by atoms with van der Waals surface area (Å²) >= 11 is 0. The number of carbonyl (C=O) groups is 2. The van der Waals surface area contributed by atoms with Crippen LogP contribution in [0.25, 0.3) is 0 Å². The molecule has 2 N–H and O–H groups in total. The normalized spacial score (nSPS) is 20.2. The molecule has 33 heavy (non-hydrogen) atoms. The van der Waals surface area contributed by atoms with E-state index in [9.17, 15) is 14.0 Å². The van der Waals surface area contributed by atoms with E-state index in [0.29, 0.717) is 30.9 Å². The summed E-state index contributed by atoms with van der Waals surface area (Å²) in [6.45, 7) is 8.44. The second kappa shape index (κ2) is 8.84. The van der Waals surface area contributed by atoms with Crippen LogP contribution in [-0.4, -0.2) is 47.8 Å². The summed E-state index contributed by atoms with van der Waals surface area (Å²) in [4.78, 5) is 30.6. The number of carbonyl (C=O) groups excluding carboxylic acids is 2. The van der Waals surface area contributed by atoms with Crippen LogP contribution in [0.15, 0.2) is 41.4 Å². The van der Waals surface area contributed by atoms with Crippen molar-refractivity contribution < 1.29 is 18.7 Å². The van der Waals surface area contributed by atoms with Gasteiger partial charge in [-0.25, -0.2) is 9.18 Å². The van der Waals surface area contributed by atoms with E-state index in [0.717, 1.165) is 16.8 Å². The number of nitrogens with one attached hydrogen (secondary N) is 2. The van der Waals surface area contributed by atoms with Crippen LogP contribution in [0.2, 0.25) is 0 Å². The maximum absolute atomic E-state index is 14.7. The van der Waals surface area contributed by atoms with Gasteiger partial charge in [-0.2, -0.15) is 0 Å². The van der Waals surface area contributed by atoms with Gasteiger partial charge in [-0.15, -0.1) is 0 Å². The third-order valence-electron chi connectivity index (χ3n) is 5.70. The lowest BCUT2D eigenvalue weighted by Gasteiger charge is -2.24. The summed E-state index contributed by atoms with van der Waals surface area (Å²) in [5.74, 6) is -1.08. The number of fused-ring (bicyclic) bond motifs is 1. The molecule has 2 heterocycles. The van der Waals surface area contributed by atoms with E-state index in [4.69, 9.17) is 4.74 Å². The molecule has 8 heteroatoms. The Hall–Kier alpha value is -3.42. The summed E-state index contributed by atoms with van der Waals surface area (Å²) < 4.78 is 20.1. The molecule has 1 saturated heterocycles. The first-order valence-electron chi connectivity index (χ1n) is 11.1. The third kappa shape index (κ3) is 5.16. The van der Waals surface area contributed by atoms with Crippen molar-refractivity contribution in [2.24, 2.45) is 4.99 Å². The fourth-order valence-corrected chi connectivity index (χ4v) is 4.14. The zero-order valence-electron chi connectivity index (χ0n) is 19.3. The molecule has 2 atom stereocenters. The standard InChI is InChI=1S/C25H29FN4O3/c1-15-6-5-7-21-22(15)18(23(31)29-21)13-27-16-8-9-20(19(26)12-16)28-17-10-11-30(14-17)24(32)33-25(2,3)4/h5-9,12-13,17-18,28H,10-11,14H2,1-4H3,(H,29,31). The van der Waals surface area contributed by atoms with E-state index < -0.39 is 17.3 Å². The number of anilines is 2. The van der Waals surface area contributed by atoms with Crippen LogP contribution in [0.1, 0.15) is 44.2 Å². The number of likely N-dealkylation sites (tertiary alicyclic amines) is 1. The highest BCUT2D eigenvalue weighted by Crippen LogP contribution is 2.34. The SMILES string of the molecule is Cc1cccc2c1C(C=Nc1ccc(NC3CCN(C(=O)OC(C)(C)C)C3)c(F)c1)C(=O)N2. The van der Waals surface area contributed by atoms with Crippen molar-refractivity contribution in [3.63, 3.8) is 0 Å². The van der Waals surface area contributed by atoms with E-state index in [1.807, 2.05) is 45.9 Å². The third-order valence-corrected chi connectivity index (χ3v) is 5.70. The van der Waals surface area contributed by atoms with Crippen molar-refractivity contribution in [2.45, 2.75) is 51.7 Å². The number of halogens is 1. The van der Waals surface area contributed by atoms with E-state index in [2.05, 4.69) is 15.6 Å². The van der Waals surface area contributed by atoms with Crippen molar-refractivity contribution in [1.29, 1.82) is 0 Å². The number of aliphatic imine (C=N–C) groups is 1. The molecule has 2 aromatic rings. The monoisotopic (exact) mass is 452 g/mol. The number of benzene rings is 2. The average molecular weight is 453 g/mol. The second-order valence-electron chi connectivity index (χ2n) is 9.50. The number of ether oxygens (including phenoxy) is 1. The maximum atomic E-state index is 14.7. The number of aryl methyl sites for hydroxylation is 1. The van der Waals surface area contributed by atoms with Gasteiger partial charge in [0.05, 0.1) is 11.4 Å². The van der Waals surface area contributed by atoms with Gasteiger partial charge in [-0.1, -0.05) is 12.1 Å². The van der Waals surface area contributed by atoms with E-state index in [-0.39, 0.29) is 18.0 Å². The fraction of sp³-hybridized carbons (Fsp3) is 0.400. The van der Waals surface area contributed by atoms with Crippen LogP contribution < -0.4 is 10.6 Å². The smallest absolute Gasteiger partial charge is 0.410 e. The van der Waals surface area contributed by atoms with E-state index >= 15 is 0 Å². The van der Waals surface area contributed by atoms with Crippen LogP contribution in [0.4, 0.5) is 26.2 Å². The molecular weight excluding hydrogens is 423 g/mol. The molecule has 2 amide bonds. The number of nitrogens with zero attached hydrogens (tertiary/aromatic N) is 2. The van der Waals surface area contributed by atoms with Crippen molar-refractivity contribution in [1.82, 2.24) is 4.90 Å². The second-order valence-corrected chi connectivity index (χ2v) is 9.50. The molecule has 0 aromatic heterocycles. The topological polar surface area (TPSA) is 83.0 Å². The number of amides is 2. The molecule has 2 unspecified atom stereocenters. The number of hydrogen-bond acceptors (Lipinski definition) is 5. The molecule has 7 nitrogen and oxygen atoms in total. The van der Waals surface area contributed by atoms with Gasteiger partial charge in [-0.3, -0.25) is 9.79 Å². The van der Waals surface area contributed by atoms with Crippen molar-refractivity contribution >= 4 is 35.3 Å². The van der Waals surface area contributed by atoms with Crippen LogP contribution in [-0.2, 0) is 9.53 Å². The zero-order valence-corrected chi connectivity index (χ0v) is 19.3. The van der Waals surface area contributed by atoms with Crippen LogP contribution in [0.5, 0.6) is 0 Å². The predicted molar refractivity (Wildman–Crippen MR) is 127 cm³/mol. The fourth-order valence-electron chi connectivity index (χ4n) is 4.14. The molecule has 0 bridgehead atoms. The molecule has 2 aliphatic rings. The molecule has 0 aliphatic carbocycles. The molecule has 0 radical (unpaired) electrons. The van der Waals surface area contributed by atoms with Crippen molar-refractivity contribution in [2.75, 3.05) is 23.7 Å². The lowest BCUT2D eigenvalue weighted by molar-refractivity contribution is -0.115. The average Bonchev–Trinajstić information content (AvgIpc) is 3.32. The van der Waals surface area contributed by atoms with Gasteiger partial charge in [0.1, 0.15) is 17.3 Å². The highest BCUT2D eigenvalue weighted by molar-refractivity contribution is 6.13. The van der Waals surface area contributed by atoms with Crippen molar-refractivity contribution in [3.05, 3.63) is 53.3 Å². The predicted octanol–water partition coefficient (Wildman–Crippen LogP) is 4.99. The van der Waals surface area contributed by atoms with Gasteiger partial charge in [0.15, 0.2) is 0 Å². The molecule has 174 valence electrons. The Morgan fingerprint density at radius 1 is 1.30 bits per heavy atom. The lowest BCUT2D eigenvalue weighted by Crippen LogP contribution is -2.36. The summed E-state index contributed by atoms with van der Waals surface area (Å²) in [5.41, 5.74) is 2.93. The highest BCUT2D eigenvalue weighted by Gasteiger charge is 2.31. The summed E-state index contributed by atoms with van der Waals surface area (Å²) in [7, 11) is 0. The van der Waals surface area contributed by atoms with Crippen LogP contribution in [0, 0.1) is 12.7 Å². The van der Waals surface area contributed by atoms with Gasteiger partial charge in [0.2, 0.25) is 5.91 Å². The summed E-state index contributed by atoms with van der Waals surface area (Å²) in [6, 6.07) is 10.3. The largest absolute Gasteiger partial charge is 0.444 e. The summed E-state index contributed by atoms with van der Waals surface area (Å²) in [6.07, 6.45) is 1.91. The molecule has 0 saturated carbocycles. The Kier molecular flexibility index (Phi) is 6.10. The Balaban J connectivity index is 1.40. The molecular formula is C25H29FN4O3. The van der Waals surface area contributed by atoms with Crippen LogP contribution in [0.3, 0.4) is 0 Å². The zero-order chi connectivity index (χ0) is 23.8. The van der Waals surface area contributed by atoms with Gasteiger partial charge in [0.25, 0.3) is 0 Å². The highest BCUT2D eigenvalue weighted by atomic mass is 19.1. The Morgan fingerprint density at radius 2 is 2.09 bits per heavy atom. The van der Waals surface area contributed by atoms with E-state index in [1.165, 1.54) is 6.07 Å². The quantitative estimate of drug-likeness (QED) is 0.640. The van der Waals surface area contributed by atoms with Crippen molar-refractivity contribution in [3.8, 4) is 0 Å². The Bertz CT molecular complexity index is 1110.